The largest absolute Gasteiger partial charge is 0.479 e. The summed E-state index contributed by atoms with van der Waals surface area (Å²) in [5.41, 5.74) is 5.11. The fourth-order valence-electron chi connectivity index (χ4n) is 2.01. The number of carbonyl (C=O) groups is 3. The molecular formula is C11H19N3O5. The summed E-state index contributed by atoms with van der Waals surface area (Å²) in [6, 6.07) is -0.405. The zero-order valence-corrected chi connectivity index (χ0v) is 10.5. The van der Waals surface area contributed by atoms with Crippen molar-refractivity contribution < 1.29 is 24.6 Å². The second-order valence-corrected chi connectivity index (χ2v) is 4.64. The third-order valence-corrected chi connectivity index (χ3v) is 3.12. The van der Waals surface area contributed by atoms with Crippen LogP contribution in [0.1, 0.15) is 19.3 Å². The van der Waals surface area contributed by atoms with E-state index in [9.17, 15) is 14.4 Å². The smallest absolute Gasteiger partial charge is 0.334 e. The molecule has 1 saturated heterocycles. The van der Waals surface area contributed by atoms with E-state index in [2.05, 4.69) is 5.32 Å². The van der Waals surface area contributed by atoms with Crippen LogP contribution in [0.4, 0.5) is 4.79 Å². The number of rotatable bonds is 5. The monoisotopic (exact) mass is 273 g/mol. The van der Waals surface area contributed by atoms with Crippen molar-refractivity contribution in [2.24, 2.45) is 11.7 Å². The second-order valence-electron chi connectivity index (χ2n) is 4.64. The Morgan fingerprint density at radius 1 is 1.32 bits per heavy atom. The summed E-state index contributed by atoms with van der Waals surface area (Å²) < 4.78 is 0. The molecular weight excluding hydrogens is 254 g/mol. The number of primary amides is 1. The van der Waals surface area contributed by atoms with E-state index in [1.54, 1.807) is 0 Å². The molecule has 8 nitrogen and oxygen atoms in total. The van der Waals surface area contributed by atoms with Gasteiger partial charge in [0.15, 0.2) is 6.10 Å². The van der Waals surface area contributed by atoms with Gasteiger partial charge in [-0.2, -0.15) is 0 Å². The Kier molecular flexibility index (Phi) is 5.56. The van der Waals surface area contributed by atoms with E-state index < -0.39 is 18.1 Å². The number of nitrogens with one attached hydrogen (secondary N) is 1. The third kappa shape index (κ3) is 5.12. The summed E-state index contributed by atoms with van der Waals surface area (Å²) in [6.45, 7) is 0.662. The predicted molar refractivity (Wildman–Crippen MR) is 65.1 cm³/mol. The Labute approximate surface area is 110 Å². The Bertz CT molecular complexity index is 352. The number of carbonyl (C=O) groups excluding carboxylic acids is 2. The van der Waals surface area contributed by atoms with Crippen molar-refractivity contribution in [2.75, 3.05) is 19.6 Å². The zero-order chi connectivity index (χ0) is 14.4. The second kappa shape index (κ2) is 6.93. The lowest BCUT2D eigenvalue weighted by atomic mass is 9.93. The summed E-state index contributed by atoms with van der Waals surface area (Å²) in [7, 11) is 0. The van der Waals surface area contributed by atoms with Crippen LogP contribution < -0.4 is 11.1 Å². The Morgan fingerprint density at radius 2 is 1.89 bits per heavy atom. The van der Waals surface area contributed by atoms with Crippen LogP contribution in [0.2, 0.25) is 0 Å². The molecule has 0 aromatic heterocycles. The molecule has 19 heavy (non-hydrogen) atoms. The molecule has 1 rings (SSSR count). The molecule has 0 aromatic carbocycles. The van der Waals surface area contributed by atoms with E-state index in [4.69, 9.17) is 15.9 Å². The van der Waals surface area contributed by atoms with Gasteiger partial charge in [-0.05, 0) is 18.8 Å². The number of hydrogen-bond acceptors (Lipinski definition) is 4. The number of urea groups is 1. The van der Waals surface area contributed by atoms with Crippen LogP contribution in [0, 0.1) is 5.92 Å². The molecule has 5 N–H and O–H groups in total. The van der Waals surface area contributed by atoms with E-state index in [1.165, 1.54) is 4.90 Å². The lowest BCUT2D eigenvalue weighted by molar-refractivity contribution is -0.146. The highest BCUT2D eigenvalue weighted by Gasteiger charge is 2.24. The van der Waals surface area contributed by atoms with Crippen molar-refractivity contribution >= 4 is 17.9 Å². The minimum atomic E-state index is -1.60. The molecule has 1 heterocycles. The molecule has 3 amide bonds. The number of aliphatic hydroxyl groups is 1. The quantitative estimate of drug-likeness (QED) is 0.495. The standard InChI is InChI=1S/C11H19N3O5/c12-9(16)5-7-1-3-14(4-2-7)11(19)13-6-8(15)10(17)18/h7-8,15H,1-6H2,(H2,12,16)(H,13,19)(H,17,18). The number of likely N-dealkylation sites (tertiary alicyclic amines) is 1. The van der Waals surface area contributed by atoms with E-state index in [0.29, 0.717) is 32.4 Å². The minimum Gasteiger partial charge on any atom is -0.479 e. The highest BCUT2D eigenvalue weighted by molar-refractivity contribution is 5.77. The first-order chi connectivity index (χ1) is 8.90. The van der Waals surface area contributed by atoms with Crippen molar-refractivity contribution in [1.82, 2.24) is 10.2 Å². The van der Waals surface area contributed by atoms with Crippen molar-refractivity contribution in [3.05, 3.63) is 0 Å². The number of nitrogens with two attached hydrogens (primary N) is 1. The molecule has 8 heteroatoms. The van der Waals surface area contributed by atoms with Gasteiger partial charge in [0.1, 0.15) is 0 Å². The number of carboxylic acids is 1. The number of aliphatic hydroxyl groups excluding tert-OH is 1. The number of carboxylic acid groups (broad SMARTS) is 1. The van der Waals surface area contributed by atoms with E-state index >= 15 is 0 Å². The van der Waals surface area contributed by atoms with Crippen LogP contribution in [0.15, 0.2) is 0 Å². The van der Waals surface area contributed by atoms with E-state index in [0.717, 1.165) is 0 Å². The van der Waals surface area contributed by atoms with Gasteiger partial charge in [-0.15, -0.1) is 0 Å². The summed E-state index contributed by atoms with van der Waals surface area (Å²) in [4.78, 5) is 34.4. The van der Waals surface area contributed by atoms with Gasteiger partial charge >= 0.3 is 12.0 Å². The van der Waals surface area contributed by atoms with Crippen LogP contribution in [0.25, 0.3) is 0 Å². The number of piperidine rings is 1. The molecule has 1 aliphatic rings. The van der Waals surface area contributed by atoms with Gasteiger partial charge < -0.3 is 26.2 Å². The van der Waals surface area contributed by atoms with E-state index in [1.807, 2.05) is 0 Å². The lowest BCUT2D eigenvalue weighted by Gasteiger charge is -2.31. The van der Waals surface area contributed by atoms with Crippen molar-refractivity contribution in [3.63, 3.8) is 0 Å². The van der Waals surface area contributed by atoms with Gasteiger partial charge in [0.2, 0.25) is 5.91 Å². The molecule has 0 aliphatic carbocycles. The minimum absolute atomic E-state index is 0.200. The van der Waals surface area contributed by atoms with Crippen LogP contribution in [-0.2, 0) is 9.59 Å². The van der Waals surface area contributed by atoms with Crippen molar-refractivity contribution in [2.45, 2.75) is 25.4 Å². The zero-order valence-electron chi connectivity index (χ0n) is 10.5. The molecule has 1 unspecified atom stereocenters. The molecule has 0 spiro atoms. The van der Waals surface area contributed by atoms with Crippen LogP contribution in [0.3, 0.4) is 0 Å². The predicted octanol–water partition coefficient (Wildman–Crippen LogP) is -1.27. The van der Waals surface area contributed by atoms with Crippen LogP contribution in [0.5, 0.6) is 0 Å². The first-order valence-electron chi connectivity index (χ1n) is 6.12. The molecule has 1 atom stereocenters. The molecule has 1 aliphatic heterocycles. The number of nitrogens with zero attached hydrogens (tertiary/aromatic N) is 1. The van der Waals surface area contributed by atoms with Gasteiger partial charge in [-0.3, -0.25) is 4.79 Å². The number of aliphatic carboxylic acids is 1. The van der Waals surface area contributed by atoms with Gasteiger partial charge in [-0.1, -0.05) is 0 Å². The first-order valence-corrected chi connectivity index (χ1v) is 6.12. The van der Waals surface area contributed by atoms with Gasteiger partial charge in [-0.25, -0.2) is 9.59 Å². The summed E-state index contributed by atoms with van der Waals surface area (Å²) in [5, 5.41) is 19.8. The summed E-state index contributed by atoms with van der Waals surface area (Å²) in [5.74, 6) is -1.51. The number of amides is 3. The van der Waals surface area contributed by atoms with Gasteiger partial charge in [0.05, 0.1) is 6.54 Å². The fourth-order valence-corrected chi connectivity index (χ4v) is 2.01. The number of hydrogen-bond donors (Lipinski definition) is 4. The lowest BCUT2D eigenvalue weighted by Crippen LogP contribution is -2.47. The topological polar surface area (TPSA) is 133 Å². The van der Waals surface area contributed by atoms with Crippen LogP contribution in [-0.4, -0.2) is 58.8 Å². The SMILES string of the molecule is NC(=O)CC1CCN(C(=O)NCC(O)C(=O)O)CC1. The molecule has 0 saturated carbocycles. The highest BCUT2D eigenvalue weighted by atomic mass is 16.4. The molecule has 1 fully saturated rings. The Balaban J connectivity index is 2.29. The average molecular weight is 273 g/mol. The third-order valence-electron chi connectivity index (χ3n) is 3.12. The Hall–Kier alpha value is -1.83. The van der Waals surface area contributed by atoms with E-state index in [-0.39, 0.29) is 18.4 Å². The average Bonchev–Trinajstić information content (AvgIpc) is 2.35. The fraction of sp³-hybridized carbons (Fsp3) is 0.727. The van der Waals surface area contributed by atoms with Gasteiger partial charge in [0, 0.05) is 19.5 Å². The maximum absolute atomic E-state index is 11.7. The van der Waals surface area contributed by atoms with Crippen molar-refractivity contribution in [3.8, 4) is 0 Å². The maximum Gasteiger partial charge on any atom is 0.334 e. The molecule has 108 valence electrons. The molecule has 0 aromatic rings. The summed E-state index contributed by atoms with van der Waals surface area (Å²) in [6.07, 6.45) is 0.111. The molecule has 0 radical (unpaired) electrons. The summed E-state index contributed by atoms with van der Waals surface area (Å²) >= 11 is 0. The normalized spacial score (nSPS) is 17.8. The Morgan fingerprint density at radius 3 is 2.37 bits per heavy atom. The van der Waals surface area contributed by atoms with Crippen molar-refractivity contribution in [1.29, 1.82) is 0 Å². The first kappa shape index (κ1) is 15.2. The molecule has 0 bridgehead atoms. The van der Waals surface area contributed by atoms with Gasteiger partial charge in [0.25, 0.3) is 0 Å². The van der Waals surface area contributed by atoms with Crippen LogP contribution >= 0.6 is 0 Å². The maximum atomic E-state index is 11.7. The highest BCUT2D eigenvalue weighted by Crippen LogP contribution is 2.19.